The van der Waals surface area contributed by atoms with Crippen molar-refractivity contribution in [2.45, 2.75) is 6.54 Å². The van der Waals surface area contributed by atoms with Gasteiger partial charge in [0.25, 0.3) is 5.91 Å². The van der Waals surface area contributed by atoms with Crippen molar-refractivity contribution in [3.63, 3.8) is 0 Å². The first-order valence-electron chi connectivity index (χ1n) is 7.56. The largest absolute Gasteiger partial charge is 0.454 e. The van der Waals surface area contributed by atoms with Crippen LogP contribution in [-0.4, -0.2) is 22.5 Å². The Hall–Kier alpha value is -3.28. The van der Waals surface area contributed by atoms with Gasteiger partial charge < -0.3 is 14.8 Å². The molecule has 0 bridgehead atoms. The van der Waals surface area contributed by atoms with E-state index < -0.39 is 0 Å². The first kappa shape index (κ1) is 14.3. The number of rotatable bonds is 4. The molecule has 2 heterocycles. The molecule has 6 nitrogen and oxygen atoms in total. The molecule has 1 amide bonds. The molecular weight excluding hydrogens is 306 g/mol. The molecule has 1 aliphatic rings. The van der Waals surface area contributed by atoms with Crippen molar-refractivity contribution >= 4 is 11.6 Å². The van der Waals surface area contributed by atoms with Gasteiger partial charge in [0.1, 0.15) is 5.69 Å². The number of anilines is 1. The Kier molecular flexibility index (Phi) is 3.63. The van der Waals surface area contributed by atoms with Gasteiger partial charge in [0, 0.05) is 18.0 Å². The van der Waals surface area contributed by atoms with Crippen molar-refractivity contribution in [2.75, 3.05) is 12.1 Å². The van der Waals surface area contributed by atoms with Crippen molar-refractivity contribution in [1.29, 1.82) is 0 Å². The average molecular weight is 321 g/mol. The topological polar surface area (TPSA) is 65.4 Å². The lowest BCUT2D eigenvalue weighted by atomic mass is 10.2. The third kappa shape index (κ3) is 2.81. The van der Waals surface area contributed by atoms with E-state index in [1.807, 2.05) is 30.3 Å². The van der Waals surface area contributed by atoms with E-state index in [1.165, 1.54) is 0 Å². The molecule has 3 aromatic rings. The zero-order valence-corrected chi connectivity index (χ0v) is 12.8. The van der Waals surface area contributed by atoms with E-state index in [2.05, 4.69) is 10.4 Å². The van der Waals surface area contributed by atoms with Gasteiger partial charge in [-0.15, -0.1) is 0 Å². The van der Waals surface area contributed by atoms with Gasteiger partial charge in [0.05, 0.1) is 6.54 Å². The summed E-state index contributed by atoms with van der Waals surface area (Å²) < 4.78 is 12.3. The zero-order valence-electron chi connectivity index (χ0n) is 12.8. The Morgan fingerprint density at radius 2 is 1.92 bits per heavy atom. The van der Waals surface area contributed by atoms with Crippen LogP contribution in [0.4, 0.5) is 5.69 Å². The van der Waals surface area contributed by atoms with Crippen LogP contribution >= 0.6 is 0 Å². The summed E-state index contributed by atoms with van der Waals surface area (Å²) in [5.41, 5.74) is 2.23. The minimum Gasteiger partial charge on any atom is -0.454 e. The SMILES string of the molecule is O=C(Nc1ccc2c(c1)OCO2)c1ccnn1Cc1ccccc1. The van der Waals surface area contributed by atoms with Crippen molar-refractivity contribution < 1.29 is 14.3 Å². The number of nitrogens with one attached hydrogen (secondary N) is 1. The molecule has 0 fully saturated rings. The van der Waals surface area contributed by atoms with Crippen molar-refractivity contribution in [1.82, 2.24) is 9.78 Å². The molecule has 0 unspecified atom stereocenters. The normalized spacial score (nSPS) is 12.2. The molecule has 1 aromatic heterocycles. The molecule has 6 heteroatoms. The molecule has 0 aliphatic carbocycles. The number of aromatic nitrogens is 2. The first-order chi connectivity index (χ1) is 11.8. The van der Waals surface area contributed by atoms with E-state index in [1.54, 1.807) is 35.1 Å². The number of nitrogens with zero attached hydrogens (tertiary/aromatic N) is 2. The molecule has 24 heavy (non-hydrogen) atoms. The second kappa shape index (κ2) is 6.08. The fraction of sp³-hybridized carbons (Fsp3) is 0.111. The van der Waals surface area contributed by atoms with Gasteiger partial charge in [0.15, 0.2) is 11.5 Å². The summed E-state index contributed by atoms with van der Waals surface area (Å²) in [7, 11) is 0. The number of benzene rings is 2. The number of fused-ring (bicyclic) bond motifs is 1. The smallest absolute Gasteiger partial charge is 0.273 e. The molecule has 4 rings (SSSR count). The van der Waals surface area contributed by atoms with E-state index in [0.717, 1.165) is 5.56 Å². The Morgan fingerprint density at radius 1 is 1.08 bits per heavy atom. The lowest BCUT2D eigenvalue weighted by molar-refractivity contribution is 0.101. The van der Waals surface area contributed by atoms with Gasteiger partial charge in [-0.25, -0.2) is 0 Å². The van der Waals surface area contributed by atoms with Crippen molar-refractivity contribution in [3.05, 3.63) is 72.1 Å². The predicted octanol–water partition coefficient (Wildman–Crippen LogP) is 2.91. The monoisotopic (exact) mass is 321 g/mol. The summed E-state index contributed by atoms with van der Waals surface area (Å²) in [4.78, 5) is 12.5. The molecule has 0 saturated heterocycles. The van der Waals surface area contributed by atoms with Crippen LogP contribution < -0.4 is 14.8 Å². The lowest BCUT2D eigenvalue weighted by Crippen LogP contribution is -2.18. The molecule has 120 valence electrons. The lowest BCUT2D eigenvalue weighted by Gasteiger charge is -2.09. The maximum atomic E-state index is 12.5. The summed E-state index contributed by atoms with van der Waals surface area (Å²) in [6.07, 6.45) is 1.62. The summed E-state index contributed by atoms with van der Waals surface area (Å²) in [5, 5.41) is 7.11. The predicted molar refractivity (Wildman–Crippen MR) is 88.3 cm³/mol. The van der Waals surface area contributed by atoms with Gasteiger partial charge >= 0.3 is 0 Å². The van der Waals surface area contributed by atoms with Crippen LogP contribution in [0, 0.1) is 0 Å². The quantitative estimate of drug-likeness (QED) is 0.802. The van der Waals surface area contributed by atoms with Gasteiger partial charge in [0.2, 0.25) is 6.79 Å². The zero-order chi connectivity index (χ0) is 16.4. The summed E-state index contributed by atoms with van der Waals surface area (Å²) in [5.74, 6) is 1.09. The van der Waals surface area contributed by atoms with E-state index in [4.69, 9.17) is 9.47 Å². The number of hydrogen-bond acceptors (Lipinski definition) is 4. The Balaban J connectivity index is 1.52. The second-order valence-corrected chi connectivity index (χ2v) is 5.38. The molecular formula is C18H15N3O3. The summed E-state index contributed by atoms with van der Waals surface area (Å²) in [6.45, 7) is 0.744. The van der Waals surface area contributed by atoms with Crippen LogP contribution in [0.25, 0.3) is 0 Å². The number of ether oxygens (including phenoxy) is 2. The minimum atomic E-state index is -0.220. The highest BCUT2D eigenvalue weighted by Crippen LogP contribution is 2.34. The van der Waals surface area contributed by atoms with Gasteiger partial charge in [-0.2, -0.15) is 5.10 Å². The highest BCUT2D eigenvalue weighted by Gasteiger charge is 2.16. The maximum absolute atomic E-state index is 12.5. The van der Waals surface area contributed by atoms with Crippen molar-refractivity contribution in [2.24, 2.45) is 0 Å². The third-order valence-corrected chi connectivity index (χ3v) is 3.75. The van der Waals surface area contributed by atoms with Crippen LogP contribution in [0.5, 0.6) is 11.5 Å². The van der Waals surface area contributed by atoms with Gasteiger partial charge in [-0.3, -0.25) is 9.48 Å². The number of carbonyl (C=O) groups excluding carboxylic acids is 1. The van der Waals surface area contributed by atoms with Crippen LogP contribution in [0.3, 0.4) is 0 Å². The minimum absolute atomic E-state index is 0.205. The number of amides is 1. The third-order valence-electron chi connectivity index (χ3n) is 3.75. The standard InChI is InChI=1S/C18H15N3O3/c22-18(20-14-6-7-16-17(10-14)24-12-23-16)15-8-9-19-21(15)11-13-4-2-1-3-5-13/h1-10H,11-12H2,(H,20,22). The van der Waals surface area contributed by atoms with Gasteiger partial charge in [-0.05, 0) is 23.8 Å². The second-order valence-electron chi connectivity index (χ2n) is 5.38. The Bertz CT molecular complexity index is 874. The van der Waals surface area contributed by atoms with Gasteiger partial charge in [-0.1, -0.05) is 30.3 Å². The van der Waals surface area contributed by atoms with E-state index in [-0.39, 0.29) is 12.7 Å². The molecule has 0 spiro atoms. The first-order valence-corrected chi connectivity index (χ1v) is 7.56. The molecule has 0 atom stereocenters. The number of hydrogen-bond donors (Lipinski definition) is 1. The molecule has 2 aromatic carbocycles. The maximum Gasteiger partial charge on any atom is 0.273 e. The van der Waals surface area contributed by atoms with E-state index in [0.29, 0.717) is 29.4 Å². The van der Waals surface area contributed by atoms with Crippen LogP contribution in [0.15, 0.2) is 60.8 Å². The summed E-state index contributed by atoms with van der Waals surface area (Å²) in [6, 6.07) is 16.9. The fourth-order valence-electron chi connectivity index (χ4n) is 2.58. The number of carbonyl (C=O) groups is 1. The Morgan fingerprint density at radius 3 is 2.79 bits per heavy atom. The molecule has 0 radical (unpaired) electrons. The fourth-order valence-corrected chi connectivity index (χ4v) is 2.58. The summed E-state index contributed by atoms with van der Waals surface area (Å²) >= 11 is 0. The molecule has 1 N–H and O–H groups in total. The van der Waals surface area contributed by atoms with E-state index in [9.17, 15) is 4.79 Å². The van der Waals surface area contributed by atoms with Crippen LogP contribution in [0.2, 0.25) is 0 Å². The van der Waals surface area contributed by atoms with Crippen molar-refractivity contribution in [3.8, 4) is 11.5 Å². The average Bonchev–Trinajstić information content (AvgIpc) is 3.24. The Labute approximate surface area is 138 Å². The molecule has 0 saturated carbocycles. The van der Waals surface area contributed by atoms with E-state index >= 15 is 0 Å². The highest BCUT2D eigenvalue weighted by molar-refractivity contribution is 6.03. The highest BCUT2D eigenvalue weighted by atomic mass is 16.7. The molecule has 1 aliphatic heterocycles. The van der Waals surface area contributed by atoms with Crippen LogP contribution in [0.1, 0.15) is 16.1 Å². The van der Waals surface area contributed by atoms with Crippen LogP contribution in [-0.2, 0) is 6.54 Å².